The maximum Gasteiger partial charge on any atom is 0.277 e. The monoisotopic (exact) mass is 374 g/mol. The first-order valence-electron chi connectivity index (χ1n) is 9.51. The van der Waals surface area contributed by atoms with Crippen molar-refractivity contribution in [2.75, 3.05) is 6.54 Å². The third-order valence-electron chi connectivity index (χ3n) is 4.95. The predicted octanol–water partition coefficient (Wildman–Crippen LogP) is 3.03. The molecule has 0 aliphatic carbocycles. The topological polar surface area (TPSA) is 68.4 Å². The Labute approximate surface area is 162 Å². The summed E-state index contributed by atoms with van der Waals surface area (Å²) in [5.74, 6) is -0.134. The van der Waals surface area contributed by atoms with Crippen molar-refractivity contribution in [2.45, 2.75) is 26.3 Å². The van der Waals surface area contributed by atoms with Crippen LogP contribution in [-0.2, 0) is 13.0 Å². The molecule has 2 aromatic carbocycles. The number of amides is 1. The van der Waals surface area contributed by atoms with Gasteiger partial charge in [-0.2, -0.15) is 5.10 Å². The molecule has 0 fully saturated rings. The molecule has 0 saturated heterocycles. The molecular weight excluding hydrogens is 352 g/mol. The van der Waals surface area contributed by atoms with Crippen molar-refractivity contribution in [3.8, 4) is 0 Å². The van der Waals surface area contributed by atoms with Crippen LogP contribution in [0, 0.1) is 0 Å². The van der Waals surface area contributed by atoms with E-state index in [4.69, 9.17) is 0 Å². The van der Waals surface area contributed by atoms with E-state index in [0.29, 0.717) is 29.7 Å². The highest BCUT2D eigenvalue weighted by Gasteiger charge is 2.13. The summed E-state index contributed by atoms with van der Waals surface area (Å²) in [6.07, 6.45) is 3.41. The summed E-state index contributed by atoms with van der Waals surface area (Å²) >= 11 is 0. The van der Waals surface area contributed by atoms with Gasteiger partial charge in [-0.25, -0.2) is 4.52 Å². The second-order valence-corrected chi connectivity index (χ2v) is 6.73. The Morgan fingerprint density at radius 1 is 1.04 bits per heavy atom. The Morgan fingerprint density at radius 2 is 1.86 bits per heavy atom. The maximum absolute atomic E-state index is 12.7. The molecule has 1 N–H and O–H groups in total. The van der Waals surface area contributed by atoms with Crippen molar-refractivity contribution in [3.63, 3.8) is 0 Å². The van der Waals surface area contributed by atoms with E-state index in [1.54, 1.807) is 33.5 Å². The lowest BCUT2D eigenvalue weighted by Crippen LogP contribution is -2.26. The standard InChI is InChI=1S/C22H22N4O2/c1-2-25-20-15-17(10-11-18(20)26-19(22(25)28)12-14-24-26)21(27)23-13-6-9-16-7-4-3-5-8-16/h3-5,7-8,10-12,14-15H,2,6,9,13H2,1H3,(H,23,27). The number of rotatable bonds is 6. The van der Waals surface area contributed by atoms with Crippen LogP contribution in [0.2, 0.25) is 0 Å². The average Bonchev–Trinajstić information content (AvgIpc) is 3.22. The Kier molecular flexibility index (Phi) is 4.93. The van der Waals surface area contributed by atoms with E-state index in [0.717, 1.165) is 18.4 Å². The highest BCUT2D eigenvalue weighted by Crippen LogP contribution is 2.16. The summed E-state index contributed by atoms with van der Waals surface area (Å²) in [6, 6.07) is 17.3. The molecule has 4 aromatic rings. The Balaban J connectivity index is 1.54. The van der Waals surface area contributed by atoms with Crippen molar-refractivity contribution in [1.82, 2.24) is 19.5 Å². The van der Waals surface area contributed by atoms with Gasteiger partial charge in [0.1, 0.15) is 5.52 Å². The Morgan fingerprint density at radius 3 is 2.64 bits per heavy atom. The van der Waals surface area contributed by atoms with Gasteiger partial charge in [0.05, 0.1) is 17.2 Å². The fourth-order valence-electron chi connectivity index (χ4n) is 3.52. The third-order valence-corrected chi connectivity index (χ3v) is 4.95. The Hall–Kier alpha value is -3.41. The highest BCUT2D eigenvalue weighted by molar-refractivity contribution is 5.97. The summed E-state index contributed by atoms with van der Waals surface area (Å²) in [5.41, 5.74) is 3.75. The number of aromatic nitrogens is 3. The number of nitrogens with one attached hydrogen (secondary N) is 1. The Bertz CT molecular complexity index is 1190. The highest BCUT2D eigenvalue weighted by atomic mass is 16.1. The number of hydrogen-bond donors (Lipinski definition) is 1. The van der Waals surface area contributed by atoms with Gasteiger partial charge in [0.2, 0.25) is 0 Å². The lowest BCUT2D eigenvalue weighted by molar-refractivity contribution is 0.0953. The third kappa shape index (κ3) is 3.29. The molecule has 6 nitrogen and oxygen atoms in total. The van der Waals surface area contributed by atoms with Crippen LogP contribution in [0.15, 0.2) is 65.6 Å². The number of carbonyl (C=O) groups is 1. The predicted molar refractivity (Wildman–Crippen MR) is 110 cm³/mol. The van der Waals surface area contributed by atoms with Gasteiger partial charge in [0, 0.05) is 18.7 Å². The summed E-state index contributed by atoms with van der Waals surface area (Å²) in [4.78, 5) is 25.2. The summed E-state index contributed by atoms with van der Waals surface area (Å²) in [5, 5.41) is 7.22. The number of benzene rings is 2. The van der Waals surface area contributed by atoms with Crippen LogP contribution >= 0.6 is 0 Å². The molecular formula is C22H22N4O2. The fourth-order valence-corrected chi connectivity index (χ4v) is 3.52. The van der Waals surface area contributed by atoms with Crippen LogP contribution in [0.4, 0.5) is 0 Å². The summed E-state index contributed by atoms with van der Waals surface area (Å²) < 4.78 is 3.31. The van der Waals surface area contributed by atoms with Crippen LogP contribution in [0.3, 0.4) is 0 Å². The van der Waals surface area contributed by atoms with Crippen molar-refractivity contribution in [2.24, 2.45) is 0 Å². The molecule has 0 unspecified atom stereocenters. The second kappa shape index (κ2) is 7.68. The molecule has 6 heteroatoms. The first kappa shape index (κ1) is 18.0. The van der Waals surface area contributed by atoms with E-state index in [2.05, 4.69) is 22.5 Å². The fraction of sp³-hybridized carbons (Fsp3) is 0.227. The number of nitrogens with zero attached hydrogens (tertiary/aromatic N) is 3. The van der Waals surface area contributed by atoms with Gasteiger partial charge < -0.3 is 9.88 Å². The molecule has 0 aliphatic rings. The van der Waals surface area contributed by atoms with Gasteiger partial charge >= 0.3 is 0 Å². The van der Waals surface area contributed by atoms with Gasteiger partial charge in [-0.15, -0.1) is 0 Å². The minimum Gasteiger partial charge on any atom is -0.352 e. The molecule has 28 heavy (non-hydrogen) atoms. The lowest BCUT2D eigenvalue weighted by Gasteiger charge is -2.12. The van der Waals surface area contributed by atoms with E-state index in [1.165, 1.54) is 5.56 Å². The van der Waals surface area contributed by atoms with Gasteiger partial charge in [0.15, 0.2) is 0 Å². The van der Waals surface area contributed by atoms with E-state index < -0.39 is 0 Å². The van der Waals surface area contributed by atoms with Crippen LogP contribution in [0.25, 0.3) is 16.6 Å². The lowest BCUT2D eigenvalue weighted by atomic mass is 10.1. The van der Waals surface area contributed by atoms with Crippen molar-refractivity contribution in [3.05, 3.63) is 82.3 Å². The van der Waals surface area contributed by atoms with Crippen molar-refractivity contribution >= 4 is 22.5 Å². The molecule has 0 saturated carbocycles. The molecule has 0 spiro atoms. The van der Waals surface area contributed by atoms with Crippen LogP contribution in [0.1, 0.15) is 29.3 Å². The SMILES string of the molecule is CCn1c(=O)c2ccnn2c2ccc(C(=O)NCCCc3ccccc3)cc21. The van der Waals surface area contributed by atoms with E-state index in [9.17, 15) is 9.59 Å². The first-order chi connectivity index (χ1) is 13.7. The van der Waals surface area contributed by atoms with Gasteiger partial charge in [-0.3, -0.25) is 9.59 Å². The smallest absolute Gasteiger partial charge is 0.277 e. The van der Waals surface area contributed by atoms with E-state index in [1.807, 2.05) is 31.2 Å². The maximum atomic E-state index is 12.7. The van der Waals surface area contributed by atoms with Gasteiger partial charge in [-0.05, 0) is 49.6 Å². The van der Waals surface area contributed by atoms with Crippen LogP contribution < -0.4 is 10.9 Å². The van der Waals surface area contributed by atoms with Gasteiger partial charge in [-0.1, -0.05) is 30.3 Å². The van der Waals surface area contributed by atoms with Crippen molar-refractivity contribution in [1.29, 1.82) is 0 Å². The molecule has 0 bridgehead atoms. The van der Waals surface area contributed by atoms with Gasteiger partial charge in [0.25, 0.3) is 11.5 Å². The zero-order valence-corrected chi connectivity index (χ0v) is 15.8. The summed E-state index contributed by atoms with van der Waals surface area (Å²) in [7, 11) is 0. The van der Waals surface area contributed by atoms with Crippen molar-refractivity contribution < 1.29 is 4.79 Å². The zero-order chi connectivity index (χ0) is 19.5. The number of aryl methyl sites for hydroxylation is 2. The minimum absolute atomic E-state index is 0.104. The number of hydrogen-bond acceptors (Lipinski definition) is 3. The normalized spacial score (nSPS) is 11.2. The quantitative estimate of drug-likeness (QED) is 0.528. The molecule has 0 atom stereocenters. The second-order valence-electron chi connectivity index (χ2n) is 6.73. The molecule has 1 amide bonds. The molecule has 0 aliphatic heterocycles. The summed E-state index contributed by atoms with van der Waals surface area (Å²) in [6.45, 7) is 3.05. The molecule has 0 radical (unpaired) electrons. The largest absolute Gasteiger partial charge is 0.352 e. The van der Waals surface area contributed by atoms with E-state index >= 15 is 0 Å². The molecule has 142 valence electrons. The average molecular weight is 374 g/mol. The van der Waals surface area contributed by atoms with E-state index in [-0.39, 0.29) is 11.5 Å². The molecule has 2 heterocycles. The molecule has 2 aromatic heterocycles. The number of fused-ring (bicyclic) bond motifs is 3. The van der Waals surface area contributed by atoms with Crippen LogP contribution in [-0.4, -0.2) is 26.6 Å². The minimum atomic E-state index is -0.134. The molecule has 4 rings (SSSR count). The van der Waals surface area contributed by atoms with Crippen LogP contribution in [0.5, 0.6) is 0 Å². The first-order valence-corrected chi connectivity index (χ1v) is 9.51. The zero-order valence-electron chi connectivity index (χ0n) is 15.8. The number of carbonyl (C=O) groups excluding carboxylic acids is 1.